The summed E-state index contributed by atoms with van der Waals surface area (Å²) in [5.74, 6) is -0.820. The number of carbonyl (C=O) groups excluding carboxylic acids is 3. The molecular weight excluding hydrogens is 412 g/mol. The minimum atomic E-state index is -0.323. The molecule has 5 heteroatoms. The summed E-state index contributed by atoms with van der Waals surface area (Å²) in [5, 5.41) is 1.95. The molecule has 0 atom stereocenters. The van der Waals surface area contributed by atoms with Crippen molar-refractivity contribution in [1.29, 1.82) is 0 Å². The van der Waals surface area contributed by atoms with E-state index >= 15 is 0 Å². The summed E-state index contributed by atoms with van der Waals surface area (Å²) in [6.07, 6.45) is 0. The van der Waals surface area contributed by atoms with Crippen LogP contribution in [0.5, 0.6) is 0 Å². The minimum absolute atomic E-state index is 0.104. The molecule has 1 heterocycles. The number of fused-ring (bicyclic) bond motifs is 2. The number of imide groups is 1. The van der Waals surface area contributed by atoms with E-state index in [0.717, 1.165) is 22.0 Å². The summed E-state index contributed by atoms with van der Waals surface area (Å²) in [7, 11) is 0. The Labute approximate surface area is 191 Å². The fraction of sp³-hybridized carbons (Fsp3) is 0.107. The van der Waals surface area contributed by atoms with Crippen molar-refractivity contribution in [3.8, 4) is 0 Å². The van der Waals surface area contributed by atoms with E-state index in [2.05, 4.69) is 0 Å². The molecule has 4 aromatic rings. The Morgan fingerprint density at radius 3 is 2.15 bits per heavy atom. The number of anilines is 1. The van der Waals surface area contributed by atoms with E-state index in [1.165, 1.54) is 4.90 Å². The van der Waals surface area contributed by atoms with Gasteiger partial charge in [-0.15, -0.1) is 0 Å². The van der Waals surface area contributed by atoms with Crippen LogP contribution in [0.25, 0.3) is 10.8 Å². The molecule has 5 rings (SSSR count). The molecule has 0 unspecified atom stereocenters. The van der Waals surface area contributed by atoms with Crippen molar-refractivity contribution in [1.82, 2.24) is 4.90 Å². The number of hydrogen-bond acceptors (Lipinski definition) is 3. The zero-order valence-corrected chi connectivity index (χ0v) is 18.2. The molecule has 1 aliphatic heterocycles. The Kier molecular flexibility index (Phi) is 5.23. The number of aryl methyl sites for hydroxylation is 1. The number of carbonyl (C=O) groups is 3. The lowest BCUT2D eigenvalue weighted by Crippen LogP contribution is -2.41. The number of rotatable bonds is 5. The molecule has 0 bridgehead atoms. The first kappa shape index (κ1) is 20.6. The van der Waals surface area contributed by atoms with Gasteiger partial charge in [-0.25, -0.2) is 0 Å². The highest BCUT2D eigenvalue weighted by atomic mass is 16.2. The Balaban J connectivity index is 1.52. The average Bonchev–Trinajstić information content (AvgIpc) is 3.09. The summed E-state index contributed by atoms with van der Waals surface area (Å²) in [6, 6.07) is 27.9. The van der Waals surface area contributed by atoms with Gasteiger partial charge in [0.2, 0.25) is 0 Å². The quantitative estimate of drug-likeness (QED) is 0.411. The van der Waals surface area contributed by atoms with E-state index in [9.17, 15) is 14.4 Å². The van der Waals surface area contributed by atoms with Crippen LogP contribution in [0.15, 0.2) is 91.0 Å². The standard InChI is InChI=1S/C28H22N2O3/c1-19-8-6-11-21(18-19)26(31)29(25-15-7-10-20-9-2-3-12-22(20)25)16-17-30-27(32)23-13-4-5-14-24(23)28(30)33/h2-15,18H,16-17H2,1H3. The van der Waals surface area contributed by atoms with E-state index in [1.807, 2.05) is 67.6 Å². The van der Waals surface area contributed by atoms with Crippen LogP contribution in [0.2, 0.25) is 0 Å². The van der Waals surface area contributed by atoms with Gasteiger partial charge in [0.25, 0.3) is 17.7 Å². The summed E-state index contributed by atoms with van der Waals surface area (Å²) < 4.78 is 0. The maximum atomic E-state index is 13.7. The highest BCUT2D eigenvalue weighted by Gasteiger charge is 2.35. The highest BCUT2D eigenvalue weighted by molar-refractivity contribution is 6.21. The van der Waals surface area contributed by atoms with Gasteiger partial charge in [0.05, 0.1) is 16.8 Å². The van der Waals surface area contributed by atoms with E-state index in [0.29, 0.717) is 16.7 Å². The Bertz CT molecular complexity index is 1370. The van der Waals surface area contributed by atoms with Crippen molar-refractivity contribution < 1.29 is 14.4 Å². The first-order chi connectivity index (χ1) is 16.0. The molecule has 4 aromatic carbocycles. The molecular formula is C28H22N2O3. The second-order valence-electron chi connectivity index (χ2n) is 8.13. The minimum Gasteiger partial charge on any atom is -0.306 e. The fourth-order valence-electron chi connectivity index (χ4n) is 4.35. The van der Waals surface area contributed by atoms with Crippen molar-refractivity contribution in [2.75, 3.05) is 18.0 Å². The predicted octanol–water partition coefficient (Wildman–Crippen LogP) is 5.09. The molecule has 0 saturated heterocycles. The van der Waals surface area contributed by atoms with Gasteiger partial charge < -0.3 is 4.90 Å². The molecule has 0 aromatic heterocycles. The normalized spacial score (nSPS) is 12.8. The lowest BCUT2D eigenvalue weighted by molar-refractivity contribution is 0.0654. The molecule has 0 N–H and O–H groups in total. The summed E-state index contributed by atoms with van der Waals surface area (Å²) in [5.41, 5.74) is 3.11. The maximum Gasteiger partial charge on any atom is 0.261 e. The summed E-state index contributed by atoms with van der Waals surface area (Å²) in [4.78, 5) is 42.3. The molecule has 162 valence electrons. The summed E-state index contributed by atoms with van der Waals surface area (Å²) >= 11 is 0. The van der Waals surface area contributed by atoms with Crippen LogP contribution in [0.1, 0.15) is 36.6 Å². The van der Waals surface area contributed by atoms with Gasteiger partial charge in [-0.3, -0.25) is 19.3 Å². The zero-order valence-electron chi connectivity index (χ0n) is 18.2. The van der Waals surface area contributed by atoms with Crippen LogP contribution in [0.4, 0.5) is 5.69 Å². The first-order valence-electron chi connectivity index (χ1n) is 10.9. The zero-order chi connectivity index (χ0) is 22.9. The van der Waals surface area contributed by atoms with Gasteiger partial charge in [0.1, 0.15) is 0 Å². The third-order valence-corrected chi connectivity index (χ3v) is 5.99. The van der Waals surface area contributed by atoms with E-state index in [-0.39, 0.29) is 30.8 Å². The molecule has 5 nitrogen and oxygen atoms in total. The SMILES string of the molecule is Cc1cccc(C(=O)N(CCN2C(=O)c3ccccc3C2=O)c2cccc3ccccc23)c1. The molecule has 0 aliphatic carbocycles. The van der Waals surface area contributed by atoms with Gasteiger partial charge >= 0.3 is 0 Å². The maximum absolute atomic E-state index is 13.7. The predicted molar refractivity (Wildman–Crippen MR) is 129 cm³/mol. The van der Waals surface area contributed by atoms with Crippen LogP contribution in [-0.4, -0.2) is 35.7 Å². The number of benzene rings is 4. The monoisotopic (exact) mass is 434 g/mol. The number of amides is 3. The third-order valence-electron chi connectivity index (χ3n) is 5.99. The number of hydrogen-bond donors (Lipinski definition) is 0. The number of nitrogens with zero attached hydrogens (tertiary/aromatic N) is 2. The molecule has 3 amide bonds. The van der Waals surface area contributed by atoms with E-state index < -0.39 is 0 Å². The first-order valence-corrected chi connectivity index (χ1v) is 10.9. The summed E-state index contributed by atoms with van der Waals surface area (Å²) in [6.45, 7) is 2.23. The lowest BCUT2D eigenvalue weighted by atomic mass is 10.1. The fourth-order valence-corrected chi connectivity index (χ4v) is 4.35. The van der Waals surface area contributed by atoms with E-state index in [1.54, 1.807) is 35.2 Å². The van der Waals surface area contributed by atoms with Crippen LogP contribution >= 0.6 is 0 Å². The van der Waals surface area contributed by atoms with Crippen molar-refractivity contribution in [3.63, 3.8) is 0 Å². The van der Waals surface area contributed by atoms with Crippen molar-refractivity contribution in [2.45, 2.75) is 6.92 Å². The molecule has 33 heavy (non-hydrogen) atoms. The molecule has 0 radical (unpaired) electrons. The van der Waals surface area contributed by atoms with Gasteiger partial charge in [-0.05, 0) is 42.6 Å². The second-order valence-corrected chi connectivity index (χ2v) is 8.13. The van der Waals surface area contributed by atoms with Crippen LogP contribution in [0.3, 0.4) is 0 Å². The lowest BCUT2D eigenvalue weighted by Gasteiger charge is -2.26. The van der Waals surface area contributed by atoms with Crippen LogP contribution < -0.4 is 4.90 Å². The van der Waals surface area contributed by atoms with Gasteiger partial charge in [0.15, 0.2) is 0 Å². The Morgan fingerprint density at radius 1 is 0.788 bits per heavy atom. The van der Waals surface area contributed by atoms with Crippen molar-refractivity contribution in [3.05, 3.63) is 113 Å². The second kappa shape index (κ2) is 8.36. The Morgan fingerprint density at radius 2 is 1.42 bits per heavy atom. The molecule has 0 saturated carbocycles. The van der Waals surface area contributed by atoms with Gasteiger partial charge in [0, 0.05) is 24.0 Å². The van der Waals surface area contributed by atoms with Crippen molar-refractivity contribution >= 4 is 34.2 Å². The van der Waals surface area contributed by atoms with E-state index in [4.69, 9.17) is 0 Å². The third kappa shape index (κ3) is 3.68. The molecule has 0 spiro atoms. The largest absolute Gasteiger partial charge is 0.306 e. The highest BCUT2D eigenvalue weighted by Crippen LogP contribution is 2.29. The van der Waals surface area contributed by atoms with Crippen molar-refractivity contribution in [2.24, 2.45) is 0 Å². The topological polar surface area (TPSA) is 57.7 Å². The molecule has 1 aliphatic rings. The van der Waals surface area contributed by atoms with Gasteiger partial charge in [-0.2, -0.15) is 0 Å². The smallest absolute Gasteiger partial charge is 0.261 e. The molecule has 0 fully saturated rings. The average molecular weight is 434 g/mol. The van der Waals surface area contributed by atoms with Crippen LogP contribution in [-0.2, 0) is 0 Å². The van der Waals surface area contributed by atoms with Gasteiger partial charge in [-0.1, -0.05) is 66.2 Å². The Hall–Kier alpha value is -4.25. The van der Waals surface area contributed by atoms with Crippen LogP contribution in [0, 0.1) is 6.92 Å².